The molecule has 2 atom stereocenters. The van der Waals surface area contributed by atoms with Crippen molar-refractivity contribution in [3.63, 3.8) is 0 Å². The molecule has 1 aromatic heterocycles. The zero-order valence-corrected chi connectivity index (χ0v) is 20.1. The smallest absolute Gasteiger partial charge is 0.243 e. The summed E-state index contributed by atoms with van der Waals surface area (Å²) in [5, 5.41) is 3.13. The molecule has 162 valence electrons. The number of fused-ring (bicyclic) bond motifs is 1. The molecule has 2 heterocycles. The van der Waals surface area contributed by atoms with Crippen molar-refractivity contribution >= 4 is 58.0 Å². The van der Waals surface area contributed by atoms with Gasteiger partial charge in [0.1, 0.15) is 6.54 Å². The summed E-state index contributed by atoms with van der Waals surface area (Å²) in [6.45, 7) is 4.57. The van der Waals surface area contributed by atoms with Crippen molar-refractivity contribution in [1.82, 2.24) is 9.80 Å². The highest BCUT2D eigenvalue weighted by Gasteiger charge is 2.35. The van der Waals surface area contributed by atoms with E-state index in [0.29, 0.717) is 16.6 Å². The van der Waals surface area contributed by atoms with Gasteiger partial charge in [0, 0.05) is 39.8 Å². The first-order valence-electron chi connectivity index (χ1n) is 10.0. The zero-order chi connectivity index (χ0) is 21.8. The summed E-state index contributed by atoms with van der Waals surface area (Å²) in [4.78, 5) is 30.8. The van der Waals surface area contributed by atoms with E-state index in [0.717, 1.165) is 24.0 Å². The minimum Gasteiger partial charge on any atom is -0.331 e. The van der Waals surface area contributed by atoms with E-state index >= 15 is 0 Å². The van der Waals surface area contributed by atoms with E-state index in [-0.39, 0.29) is 42.7 Å². The maximum absolute atomic E-state index is 13.5. The summed E-state index contributed by atoms with van der Waals surface area (Å²) in [5.41, 5.74) is 1.93. The fraction of sp³-hybridized carbons (Fsp3) is 0.455. The van der Waals surface area contributed by atoms with E-state index < -0.39 is 0 Å². The molecule has 0 bridgehead atoms. The Labute approximate surface area is 196 Å². The highest BCUT2D eigenvalue weighted by atomic mass is 35.5. The van der Waals surface area contributed by atoms with Gasteiger partial charge in [-0.2, -0.15) is 0 Å². The Hall–Kier alpha value is -1.27. The van der Waals surface area contributed by atoms with Gasteiger partial charge in [0.15, 0.2) is 0 Å². The van der Waals surface area contributed by atoms with Crippen molar-refractivity contribution in [3.8, 4) is 0 Å². The quantitative estimate of drug-likeness (QED) is 0.464. The maximum Gasteiger partial charge on any atom is 0.243 e. The molecule has 0 spiro atoms. The molecule has 3 rings (SSSR count). The highest BCUT2D eigenvalue weighted by Crippen LogP contribution is 2.41. The SMILES string of the molecule is CCC(C)N(CC(=O)N1CCc2sccc2C1c1ccc(Cl)cc1Cl)C(=O)CCCl. The van der Waals surface area contributed by atoms with Gasteiger partial charge in [0.25, 0.3) is 0 Å². The molecule has 0 N–H and O–H groups in total. The third-order valence-corrected chi connectivity index (χ3v) is 7.35. The van der Waals surface area contributed by atoms with Crippen LogP contribution in [0.15, 0.2) is 29.6 Å². The first-order chi connectivity index (χ1) is 14.4. The average molecular weight is 488 g/mol. The van der Waals surface area contributed by atoms with Gasteiger partial charge >= 0.3 is 0 Å². The molecular weight excluding hydrogens is 463 g/mol. The van der Waals surface area contributed by atoms with Crippen LogP contribution in [0.4, 0.5) is 0 Å². The van der Waals surface area contributed by atoms with Crippen LogP contribution < -0.4 is 0 Å². The Kier molecular flexibility index (Phi) is 8.08. The predicted molar refractivity (Wildman–Crippen MR) is 125 cm³/mol. The van der Waals surface area contributed by atoms with Crippen LogP contribution in [-0.2, 0) is 16.0 Å². The average Bonchev–Trinajstić information content (AvgIpc) is 3.20. The second kappa shape index (κ2) is 10.4. The highest BCUT2D eigenvalue weighted by molar-refractivity contribution is 7.10. The number of hydrogen-bond acceptors (Lipinski definition) is 3. The molecular formula is C22H25Cl3N2O2S. The van der Waals surface area contributed by atoms with Crippen LogP contribution in [-0.4, -0.2) is 46.6 Å². The number of halogens is 3. The Balaban J connectivity index is 1.94. The number of thiophene rings is 1. The van der Waals surface area contributed by atoms with Crippen LogP contribution in [0.5, 0.6) is 0 Å². The third-order valence-electron chi connectivity index (χ3n) is 5.60. The van der Waals surface area contributed by atoms with Crippen molar-refractivity contribution in [2.45, 2.75) is 45.2 Å². The summed E-state index contributed by atoms with van der Waals surface area (Å²) in [6.07, 6.45) is 1.78. The normalized spacial score (nSPS) is 16.8. The molecule has 0 saturated heterocycles. The summed E-state index contributed by atoms with van der Waals surface area (Å²) < 4.78 is 0. The van der Waals surface area contributed by atoms with Gasteiger partial charge in [-0.15, -0.1) is 22.9 Å². The molecule has 1 aromatic carbocycles. The van der Waals surface area contributed by atoms with Gasteiger partial charge in [-0.3, -0.25) is 9.59 Å². The van der Waals surface area contributed by atoms with Crippen molar-refractivity contribution in [3.05, 3.63) is 55.7 Å². The lowest BCUT2D eigenvalue weighted by Gasteiger charge is -2.38. The van der Waals surface area contributed by atoms with Gasteiger partial charge in [0.2, 0.25) is 11.8 Å². The van der Waals surface area contributed by atoms with Gasteiger partial charge in [-0.25, -0.2) is 0 Å². The van der Waals surface area contributed by atoms with Gasteiger partial charge in [-0.1, -0.05) is 36.2 Å². The number of carbonyl (C=O) groups excluding carboxylic acids is 2. The number of alkyl halides is 1. The fourth-order valence-electron chi connectivity index (χ4n) is 3.81. The monoisotopic (exact) mass is 486 g/mol. The van der Waals surface area contributed by atoms with Crippen LogP contribution >= 0.6 is 46.1 Å². The van der Waals surface area contributed by atoms with Crippen LogP contribution in [0.25, 0.3) is 0 Å². The maximum atomic E-state index is 13.5. The Morgan fingerprint density at radius 1 is 1.27 bits per heavy atom. The topological polar surface area (TPSA) is 40.6 Å². The number of rotatable bonds is 7. The van der Waals surface area contributed by atoms with Crippen LogP contribution in [0.2, 0.25) is 10.0 Å². The van der Waals surface area contributed by atoms with E-state index in [1.807, 2.05) is 30.2 Å². The van der Waals surface area contributed by atoms with E-state index in [4.69, 9.17) is 34.8 Å². The van der Waals surface area contributed by atoms with Crippen molar-refractivity contribution in [2.24, 2.45) is 0 Å². The summed E-state index contributed by atoms with van der Waals surface area (Å²) >= 11 is 20.1. The van der Waals surface area contributed by atoms with Gasteiger partial charge in [0.05, 0.1) is 6.04 Å². The number of nitrogens with zero attached hydrogens (tertiary/aromatic N) is 2. The summed E-state index contributed by atoms with van der Waals surface area (Å²) in [5.74, 6) is 0.0541. The predicted octanol–water partition coefficient (Wildman–Crippen LogP) is 5.79. The van der Waals surface area contributed by atoms with E-state index in [1.165, 1.54) is 4.88 Å². The molecule has 1 aliphatic heterocycles. The first kappa shape index (κ1) is 23.4. The first-order valence-corrected chi connectivity index (χ1v) is 12.2. The molecule has 0 saturated carbocycles. The number of hydrogen-bond donors (Lipinski definition) is 0. The van der Waals surface area contributed by atoms with Crippen molar-refractivity contribution in [2.75, 3.05) is 19.0 Å². The second-order valence-corrected chi connectivity index (χ2v) is 9.64. The molecule has 2 unspecified atom stereocenters. The fourth-order valence-corrected chi connectivity index (χ4v) is 5.39. The van der Waals surface area contributed by atoms with Gasteiger partial charge < -0.3 is 9.80 Å². The standard InChI is InChI=1S/C22H25Cl3N2O2S/c1-3-14(2)27(20(28)6-9-23)13-21(29)26-10-7-19-17(8-11-30-19)22(26)16-5-4-15(24)12-18(16)25/h4-5,8,11-12,14,22H,3,6-7,9-10,13H2,1-2H3. The Morgan fingerprint density at radius 2 is 2.03 bits per heavy atom. The molecule has 0 radical (unpaired) electrons. The molecule has 8 heteroatoms. The van der Waals surface area contributed by atoms with Gasteiger partial charge in [-0.05, 0) is 54.5 Å². The van der Waals surface area contributed by atoms with E-state index in [9.17, 15) is 9.59 Å². The summed E-state index contributed by atoms with van der Waals surface area (Å²) in [7, 11) is 0. The molecule has 0 fully saturated rings. The molecule has 1 aliphatic rings. The lowest BCUT2D eigenvalue weighted by atomic mass is 9.93. The van der Waals surface area contributed by atoms with Crippen LogP contribution in [0.3, 0.4) is 0 Å². The van der Waals surface area contributed by atoms with Crippen LogP contribution in [0.1, 0.15) is 48.7 Å². The van der Waals surface area contributed by atoms with E-state index in [2.05, 4.69) is 6.07 Å². The minimum atomic E-state index is -0.292. The third kappa shape index (κ3) is 4.96. The number of amides is 2. The molecule has 2 aromatic rings. The van der Waals surface area contributed by atoms with Crippen LogP contribution in [0, 0.1) is 0 Å². The number of carbonyl (C=O) groups is 2. The Morgan fingerprint density at radius 3 is 2.70 bits per heavy atom. The second-order valence-electron chi connectivity index (χ2n) is 7.42. The zero-order valence-electron chi connectivity index (χ0n) is 17.0. The van der Waals surface area contributed by atoms with E-state index in [1.54, 1.807) is 28.4 Å². The Bertz CT molecular complexity index is 918. The lowest BCUT2D eigenvalue weighted by molar-refractivity contribution is -0.143. The lowest BCUT2D eigenvalue weighted by Crippen LogP contribution is -2.49. The molecule has 30 heavy (non-hydrogen) atoms. The number of benzene rings is 1. The summed E-state index contributed by atoms with van der Waals surface area (Å²) in [6, 6.07) is 7.11. The molecule has 4 nitrogen and oxygen atoms in total. The van der Waals surface area contributed by atoms with Crippen molar-refractivity contribution < 1.29 is 9.59 Å². The molecule has 2 amide bonds. The largest absolute Gasteiger partial charge is 0.331 e. The minimum absolute atomic E-state index is 0.0336. The van der Waals surface area contributed by atoms with Crippen molar-refractivity contribution in [1.29, 1.82) is 0 Å². The molecule has 0 aliphatic carbocycles.